The van der Waals surface area contributed by atoms with Crippen LogP contribution in [0.3, 0.4) is 0 Å². The van der Waals surface area contributed by atoms with Gasteiger partial charge in [0.25, 0.3) is 0 Å². The molecule has 14 heavy (non-hydrogen) atoms. The Labute approximate surface area is 92.1 Å². The Hall–Kier alpha value is -0.860. The van der Waals surface area contributed by atoms with Crippen LogP contribution in [0.5, 0.6) is 0 Å². The molecule has 0 N–H and O–H groups in total. The standard InChI is InChI=1S/C12H6S2/c1-3-7-11(8-4-1)13-14-12-9-5-2-6-10-12/h1-3,5,8,10H. The van der Waals surface area contributed by atoms with Gasteiger partial charge >= 0.3 is 0 Å². The lowest BCUT2D eigenvalue weighted by Crippen LogP contribution is -1.68. The lowest BCUT2D eigenvalue weighted by Gasteiger charge is -1.98. The molecule has 2 heteroatoms. The predicted molar refractivity (Wildman–Crippen MR) is 59.9 cm³/mol. The Bertz CT molecular complexity index is 331. The fourth-order valence-electron chi connectivity index (χ4n) is 0.861. The van der Waals surface area contributed by atoms with Gasteiger partial charge in [0.15, 0.2) is 0 Å². The maximum Gasteiger partial charge on any atom is 0.0271 e. The smallest absolute Gasteiger partial charge is 0.0271 e. The van der Waals surface area contributed by atoms with Crippen LogP contribution in [0.2, 0.25) is 0 Å². The van der Waals surface area contributed by atoms with Gasteiger partial charge < -0.3 is 0 Å². The van der Waals surface area contributed by atoms with Crippen molar-refractivity contribution >= 4 is 21.6 Å². The quantitative estimate of drug-likeness (QED) is 0.715. The highest BCUT2D eigenvalue weighted by molar-refractivity contribution is 8.76. The van der Waals surface area contributed by atoms with Crippen LogP contribution in [-0.2, 0) is 0 Å². The van der Waals surface area contributed by atoms with E-state index in [9.17, 15) is 0 Å². The Morgan fingerprint density at radius 2 is 1.21 bits per heavy atom. The van der Waals surface area contributed by atoms with Crippen LogP contribution >= 0.6 is 21.6 Å². The third kappa shape index (κ3) is 2.82. The number of hydrogen-bond acceptors (Lipinski definition) is 2. The average molecular weight is 214 g/mol. The van der Waals surface area contributed by atoms with E-state index in [2.05, 4.69) is 24.3 Å². The summed E-state index contributed by atoms with van der Waals surface area (Å²) in [6.07, 6.45) is 0. The second-order valence-electron chi connectivity index (χ2n) is 2.47. The second-order valence-corrected chi connectivity index (χ2v) is 4.69. The molecule has 4 radical (unpaired) electrons. The lowest BCUT2D eigenvalue weighted by atomic mass is 10.4. The summed E-state index contributed by atoms with van der Waals surface area (Å²) < 4.78 is 0. The topological polar surface area (TPSA) is 0 Å². The van der Waals surface area contributed by atoms with Crippen molar-refractivity contribution in [3.8, 4) is 0 Å². The molecule has 0 aromatic heterocycles. The molecule has 0 spiro atoms. The molecule has 2 aromatic carbocycles. The van der Waals surface area contributed by atoms with E-state index in [4.69, 9.17) is 0 Å². The number of benzene rings is 2. The molecule has 0 unspecified atom stereocenters. The van der Waals surface area contributed by atoms with Gasteiger partial charge in [-0.15, -0.1) is 0 Å². The zero-order valence-electron chi connectivity index (χ0n) is 7.28. The second kappa shape index (κ2) is 5.13. The van der Waals surface area contributed by atoms with Gasteiger partial charge in [-0.25, -0.2) is 0 Å². The van der Waals surface area contributed by atoms with Crippen LogP contribution in [0.25, 0.3) is 0 Å². The minimum absolute atomic E-state index is 1.08. The van der Waals surface area contributed by atoms with Gasteiger partial charge in [0, 0.05) is 9.79 Å². The summed E-state index contributed by atoms with van der Waals surface area (Å²) in [5.74, 6) is 0. The summed E-state index contributed by atoms with van der Waals surface area (Å²) in [7, 11) is 3.30. The molecule has 0 aliphatic rings. The Morgan fingerprint density at radius 1 is 0.714 bits per heavy atom. The van der Waals surface area contributed by atoms with Gasteiger partial charge in [0.2, 0.25) is 0 Å². The number of hydrogen-bond donors (Lipinski definition) is 0. The summed E-state index contributed by atoms with van der Waals surface area (Å²) in [5.41, 5.74) is 0. The molecule has 0 aliphatic carbocycles. The van der Waals surface area contributed by atoms with Crippen molar-refractivity contribution in [1.29, 1.82) is 0 Å². The summed E-state index contributed by atoms with van der Waals surface area (Å²) in [4.78, 5) is 2.16. The molecule has 0 bridgehead atoms. The molecular weight excluding hydrogens is 208 g/mol. The molecule has 2 rings (SSSR count). The monoisotopic (exact) mass is 214 g/mol. The van der Waals surface area contributed by atoms with Crippen molar-refractivity contribution < 1.29 is 0 Å². The Kier molecular flexibility index (Phi) is 3.55. The fourth-order valence-corrected chi connectivity index (χ4v) is 2.62. The van der Waals surface area contributed by atoms with E-state index in [1.54, 1.807) is 21.6 Å². The van der Waals surface area contributed by atoms with E-state index in [0.29, 0.717) is 0 Å². The summed E-state index contributed by atoms with van der Waals surface area (Å²) in [6.45, 7) is 0. The zero-order valence-corrected chi connectivity index (χ0v) is 8.91. The molecule has 0 heterocycles. The van der Waals surface area contributed by atoms with E-state index in [0.717, 1.165) is 9.79 Å². The van der Waals surface area contributed by atoms with E-state index >= 15 is 0 Å². The predicted octanol–water partition coefficient (Wildman–Crippen LogP) is 3.69. The van der Waals surface area contributed by atoms with Crippen molar-refractivity contribution in [2.75, 3.05) is 0 Å². The van der Waals surface area contributed by atoms with Crippen LogP contribution in [0.4, 0.5) is 0 Å². The zero-order chi connectivity index (χ0) is 9.64. The molecule has 0 saturated carbocycles. The van der Waals surface area contributed by atoms with Gasteiger partial charge in [-0.2, -0.15) is 0 Å². The van der Waals surface area contributed by atoms with Crippen molar-refractivity contribution in [1.82, 2.24) is 0 Å². The van der Waals surface area contributed by atoms with Crippen LogP contribution in [0, 0.1) is 24.3 Å². The lowest BCUT2D eigenvalue weighted by molar-refractivity contribution is 1.44. The minimum atomic E-state index is 1.08. The molecular formula is C12H6S2. The van der Waals surface area contributed by atoms with Crippen LogP contribution in [0.15, 0.2) is 46.2 Å². The molecule has 66 valence electrons. The third-order valence-corrected chi connectivity index (χ3v) is 3.70. The highest BCUT2D eigenvalue weighted by Gasteiger charge is 1.95. The van der Waals surface area contributed by atoms with Crippen molar-refractivity contribution in [2.24, 2.45) is 0 Å². The Morgan fingerprint density at radius 3 is 1.57 bits per heavy atom. The molecule has 0 nitrogen and oxygen atoms in total. The SMILES string of the molecule is [c]1cc[c]c(SSc2[c]cc[c]c2)c1. The highest BCUT2D eigenvalue weighted by Crippen LogP contribution is 2.36. The number of rotatable bonds is 3. The van der Waals surface area contributed by atoms with E-state index in [1.165, 1.54) is 0 Å². The van der Waals surface area contributed by atoms with Gasteiger partial charge in [-0.1, -0.05) is 45.9 Å². The largest absolute Gasteiger partial charge is 0.0537 e. The molecule has 0 saturated heterocycles. The van der Waals surface area contributed by atoms with Gasteiger partial charge in [-0.3, -0.25) is 0 Å². The first-order valence-electron chi connectivity index (χ1n) is 4.05. The normalized spacial score (nSPS) is 10.0. The first-order chi connectivity index (χ1) is 6.95. The van der Waals surface area contributed by atoms with Crippen molar-refractivity contribution in [2.45, 2.75) is 9.79 Å². The summed E-state index contributed by atoms with van der Waals surface area (Å²) in [6, 6.07) is 23.5. The molecule has 0 atom stereocenters. The van der Waals surface area contributed by atoms with Crippen LogP contribution in [-0.4, -0.2) is 0 Å². The van der Waals surface area contributed by atoms with Gasteiger partial charge in [0.05, 0.1) is 0 Å². The van der Waals surface area contributed by atoms with Crippen LogP contribution < -0.4 is 0 Å². The van der Waals surface area contributed by atoms with Gasteiger partial charge in [0.1, 0.15) is 0 Å². The maximum absolute atomic E-state index is 3.13. The van der Waals surface area contributed by atoms with Gasteiger partial charge in [-0.05, 0) is 36.4 Å². The summed E-state index contributed by atoms with van der Waals surface area (Å²) in [5, 5.41) is 0. The molecule has 0 aliphatic heterocycles. The molecule has 2 aromatic rings. The van der Waals surface area contributed by atoms with E-state index in [1.807, 2.05) is 36.4 Å². The fraction of sp³-hybridized carbons (Fsp3) is 0. The Balaban J connectivity index is 1.96. The first-order valence-corrected chi connectivity index (χ1v) is 6.20. The molecule has 0 fully saturated rings. The summed E-state index contributed by atoms with van der Waals surface area (Å²) >= 11 is 0. The van der Waals surface area contributed by atoms with E-state index < -0.39 is 0 Å². The van der Waals surface area contributed by atoms with Crippen LogP contribution in [0.1, 0.15) is 0 Å². The average Bonchev–Trinajstić information content (AvgIpc) is 2.29. The highest BCUT2D eigenvalue weighted by atomic mass is 33.1. The third-order valence-electron chi connectivity index (χ3n) is 1.46. The first kappa shape index (κ1) is 9.69. The van der Waals surface area contributed by atoms with E-state index in [-0.39, 0.29) is 0 Å². The molecule has 0 amide bonds. The minimum Gasteiger partial charge on any atom is -0.0537 e. The maximum atomic E-state index is 3.13. The van der Waals surface area contributed by atoms with Crippen molar-refractivity contribution in [3.05, 3.63) is 60.7 Å². The van der Waals surface area contributed by atoms with Crippen molar-refractivity contribution in [3.63, 3.8) is 0 Å².